The van der Waals surface area contributed by atoms with Crippen molar-refractivity contribution in [3.05, 3.63) is 35.6 Å². The minimum atomic E-state index is -0.233. The van der Waals surface area contributed by atoms with Crippen molar-refractivity contribution in [2.24, 2.45) is 5.73 Å². The lowest BCUT2D eigenvalue weighted by molar-refractivity contribution is -0.135. The van der Waals surface area contributed by atoms with Crippen molar-refractivity contribution < 1.29 is 13.9 Å². The number of ether oxygens (including phenoxy) is 1. The Kier molecular flexibility index (Phi) is 6.99. The third-order valence-corrected chi connectivity index (χ3v) is 4.64. The zero-order valence-corrected chi connectivity index (χ0v) is 13.8. The van der Waals surface area contributed by atoms with Crippen LogP contribution >= 0.6 is 0 Å². The third kappa shape index (κ3) is 5.29. The van der Waals surface area contributed by atoms with Gasteiger partial charge in [0.2, 0.25) is 5.91 Å². The van der Waals surface area contributed by atoms with Crippen LogP contribution in [0.2, 0.25) is 0 Å². The van der Waals surface area contributed by atoms with Crippen LogP contribution in [0.3, 0.4) is 0 Å². The molecule has 5 heteroatoms. The van der Waals surface area contributed by atoms with Crippen molar-refractivity contribution in [2.45, 2.75) is 50.7 Å². The quantitative estimate of drug-likeness (QED) is 0.800. The van der Waals surface area contributed by atoms with Crippen molar-refractivity contribution in [1.29, 1.82) is 0 Å². The molecule has 1 atom stereocenters. The molecule has 0 aromatic heterocycles. The molecule has 2 rings (SSSR count). The molecule has 1 aromatic carbocycles. The molecule has 1 fully saturated rings. The van der Waals surface area contributed by atoms with Gasteiger partial charge in [-0.25, -0.2) is 4.39 Å². The van der Waals surface area contributed by atoms with E-state index in [1.807, 2.05) is 4.90 Å². The van der Waals surface area contributed by atoms with E-state index in [4.69, 9.17) is 10.5 Å². The predicted octanol–water partition coefficient (Wildman–Crippen LogP) is 2.50. The van der Waals surface area contributed by atoms with Crippen LogP contribution < -0.4 is 5.73 Å². The topological polar surface area (TPSA) is 55.6 Å². The number of nitrogens with zero attached hydrogens (tertiary/aromatic N) is 1. The lowest BCUT2D eigenvalue weighted by atomic mass is 10.1. The Morgan fingerprint density at radius 1 is 1.35 bits per heavy atom. The van der Waals surface area contributed by atoms with Gasteiger partial charge >= 0.3 is 0 Å². The zero-order valence-electron chi connectivity index (χ0n) is 13.8. The molecule has 1 aromatic rings. The van der Waals surface area contributed by atoms with Crippen LogP contribution in [0.5, 0.6) is 0 Å². The third-order valence-electron chi connectivity index (χ3n) is 4.64. The Labute approximate surface area is 137 Å². The summed E-state index contributed by atoms with van der Waals surface area (Å²) in [4.78, 5) is 14.6. The Hall–Kier alpha value is -1.46. The number of hydrogen-bond donors (Lipinski definition) is 1. The molecule has 0 spiro atoms. The molecule has 0 heterocycles. The number of carbonyl (C=O) groups is 1. The molecule has 1 amide bonds. The average molecular weight is 322 g/mol. The van der Waals surface area contributed by atoms with Crippen LogP contribution in [0.15, 0.2) is 24.3 Å². The Morgan fingerprint density at radius 3 is 2.57 bits per heavy atom. The Bertz CT molecular complexity index is 482. The summed E-state index contributed by atoms with van der Waals surface area (Å²) in [6, 6.07) is 6.81. The smallest absolute Gasteiger partial charge is 0.225 e. The molecule has 0 aliphatic heterocycles. The standard InChI is InChI=1S/C18H27FN2O2/c1-23-17(13-20)12-18(22)21(16-4-2-3-5-16)11-10-14-6-8-15(19)9-7-14/h6-9,16-17H,2-5,10-13,20H2,1H3. The minimum absolute atomic E-state index is 0.108. The van der Waals surface area contributed by atoms with Crippen molar-refractivity contribution in [3.63, 3.8) is 0 Å². The summed E-state index contributed by atoms with van der Waals surface area (Å²) >= 11 is 0. The van der Waals surface area contributed by atoms with Crippen LogP contribution in [0.25, 0.3) is 0 Å². The average Bonchev–Trinajstić information content (AvgIpc) is 3.08. The lowest BCUT2D eigenvalue weighted by Crippen LogP contribution is -2.42. The number of carbonyl (C=O) groups excluding carboxylic acids is 1. The molecular weight excluding hydrogens is 295 g/mol. The Balaban J connectivity index is 1.98. The second-order valence-corrected chi connectivity index (χ2v) is 6.20. The highest BCUT2D eigenvalue weighted by Gasteiger charge is 2.27. The highest BCUT2D eigenvalue weighted by Crippen LogP contribution is 2.24. The van der Waals surface area contributed by atoms with E-state index in [1.165, 1.54) is 25.0 Å². The van der Waals surface area contributed by atoms with Gasteiger partial charge in [0.25, 0.3) is 0 Å². The van der Waals surface area contributed by atoms with Crippen LogP contribution in [-0.2, 0) is 16.0 Å². The van der Waals surface area contributed by atoms with E-state index in [1.54, 1.807) is 19.2 Å². The second-order valence-electron chi connectivity index (χ2n) is 6.20. The normalized spacial score (nSPS) is 16.5. The molecular formula is C18H27FN2O2. The second kappa shape index (κ2) is 8.99. The molecule has 1 aliphatic carbocycles. The van der Waals surface area contributed by atoms with Gasteiger partial charge in [-0.15, -0.1) is 0 Å². The summed E-state index contributed by atoms with van der Waals surface area (Å²) in [7, 11) is 1.59. The Morgan fingerprint density at radius 2 is 2.00 bits per heavy atom. The van der Waals surface area contributed by atoms with Gasteiger partial charge in [0.1, 0.15) is 5.82 Å². The first-order valence-electron chi connectivity index (χ1n) is 8.40. The minimum Gasteiger partial charge on any atom is -0.380 e. The first-order chi connectivity index (χ1) is 11.1. The van der Waals surface area contributed by atoms with E-state index in [0.717, 1.165) is 24.8 Å². The maximum absolute atomic E-state index is 13.0. The van der Waals surface area contributed by atoms with Crippen LogP contribution in [0.4, 0.5) is 4.39 Å². The predicted molar refractivity (Wildman–Crippen MR) is 88.5 cm³/mol. The van der Waals surface area contributed by atoms with E-state index in [-0.39, 0.29) is 17.8 Å². The van der Waals surface area contributed by atoms with Gasteiger partial charge in [0, 0.05) is 26.2 Å². The molecule has 2 N–H and O–H groups in total. The number of hydrogen-bond acceptors (Lipinski definition) is 3. The molecule has 23 heavy (non-hydrogen) atoms. The number of halogens is 1. The molecule has 1 aliphatic rings. The molecule has 128 valence electrons. The number of methoxy groups -OCH3 is 1. The molecule has 1 unspecified atom stereocenters. The maximum Gasteiger partial charge on any atom is 0.225 e. The maximum atomic E-state index is 13.0. The monoisotopic (exact) mass is 322 g/mol. The number of nitrogens with two attached hydrogens (primary N) is 1. The summed E-state index contributed by atoms with van der Waals surface area (Å²) in [5.74, 6) is -0.125. The summed E-state index contributed by atoms with van der Waals surface area (Å²) < 4.78 is 18.2. The fourth-order valence-corrected chi connectivity index (χ4v) is 3.20. The van der Waals surface area contributed by atoms with Crippen molar-refractivity contribution >= 4 is 5.91 Å². The zero-order chi connectivity index (χ0) is 16.7. The van der Waals surface area contributed by atoms with Gasteiger partial charge in [-0.3, -0.25) is 4.79 Å². The SMILES string of the molecule is COC(CN)CC(=O)N(CCc1ccc(F)cc1)C1CCCC1. The number of rotatable bonds is 8. The summed E-state index contributed by atoms with van der Waals surface area (Å²) in [6.45, 7) is 1.01. The van der Waals surface area contributed by atoms with E-state index in [2.05, 4.69) is 0 Å². The van der Waals surface area contributed by atoms with E-state index in [0.29, 0.717) is 25.6 Å². The highest BCUT2D eigenvalue weighted by atomic mass is 19.1. The number of benzene rings is 1. The van der Waals surface area contributed by atoms with Crippen molar-refractivity contribution in [1.82, 2.24) is 4.90 Å². The fourth-order valence-electron chi connectivity index (χ4n) is 3.20. The molecule has 0 saturated heterocycles. The van der Waals surface area contributed by atoms with Crippen LogP contribution in [0.1, 0.15) is 37.7 Å². The van der Waals surface area contributed by atoms with Gasteiger partial charge < -0.3 is 15.4 Å². The van der Waals surface area contributed by atoms with Gasteiger partial charge in [-0.05, 0) is 37.0 Å². The molecule has 1 saturated carbocycles. The van der Waals surface area contributed by atoms with Gasteiger partial charge in [0.15, 0.2) is 0 Å². The van der Waals surface area contributed by atoms with Gasteiger partial charge in [-0.2, -0.15) is 0 Å². The van der Waals surface area contributed by atoms with Crippen LogP contribution in [-0.4, -0.2) is 43.2 Å². The molecule has 4 nitrogen and oxygen atoms in total. The van der Waals surface area contributed by atoms with Gasteiger partial charge in [-0.1, -0.05) is 25.0 Å². The largest absolute Gasteiger partial charge is 0.380 e. The summed E-state index contributed by atoms with van der Waals surface area (Å²) in [5.41, 5.74) is 6.68. The number of amides is 1. The molecule has 0 radical (unpaired) electrons. The first kappa shape index (κ1) is 17.9. The highest BCUT2D eigenvalue weighted by molar-refractivity contribution is 5.77. The van der Waals surface area contributed by atoms with Crippen LogP contribution in [0, 0.1) is 5.82 Å². The molecule has 0 bridgehead atoms. The van der Waals surface area contributed by atoms with E-state index in [9.17, 15) is 9.18 Å². The summed E-state index contributed by atoms with van der Waals surface area (Å²) in [5, 5.41) is 0. The van der Waals surface area contributed by atoms with E-state index >= 15 is 0 Å². The fraction of sp³-hybridized carbons (Fsp3) is 0.611. The van der Waals surface area contributed by atoms with Crippen molar-refractivity contribution in [3.8, 4) is 0 Å². The van der Waals surface area contributed by atoms with E-state index < -0.39 is 0 Å². The lowest BCUT2D eigenvalue weighted by Gasteiger charge is -2.30. The van der Waals surface area contributed by atoms with Crippen molar-refractivity contribution in [2.75, 3.05) is 20.2 Å². The van der Waals surface area contributed by atoms with Gasteiger partial charge in [0.05, 0.1) is 12.5 Å². The summed E-state index contributed by atoms with van der Waals surface area (Å²) in [6.07, 6.45) is 5.32. The first-order valence-corrected chi connectivity index (χ1v) is 8.40.